The van der Waals surface area contributed by atoms with Crippen LogP contribution in [0, 0.1) is 5.41 Å². The zero-order valence-electron chi connectivity index (χ0n) is 21.6. The summed E-state index contributed by atoms with van der Waals surface area (Å²) in [5, 5.41) is 25.0. The Morgan fingerprint density at radius 1 is 1.28 bits per heavy atom. The first kappa shape index (κ1) is 26.7. The third-order valence-corrected chi connectivity index (χ3v) is 7.63. The summed E-state index contributed by atoms with van der Waals surface area (Å²) in [4.78, 5) is 17.7. The molecule has 0 saturated heterocycles. The number of ether oxygens (including phenoxy) is 1. The van der Waals surface area contributed by atoms with Crippen molar-refractivity contribution in [2.24, 2.45) is 5.41 Å². The molecule has 1 amide bonds. The number of likely N-dealkylation sites (N-methyl/N-ethyl adjacent to an activating group) is 1. The Morgan fingerprint density at radius 2 is 1.97 bits per heavy atom. The zero-order chi connectivity index (χ0) is 26.1. The van der Waals surface area contributed by atoms with Crippen LogP contribution in [0.25, 0.3) is 0 Å². The van der Waals surface area contributed by atoms with Crippen LogP contribution in [0.15, 0.2) is 36.5 Å². The maximum atomic E-state index is 11.8. The lowest BCUT2D eigenvalue weighted by atomic mass is 9.73. The van der Waals surface area contributed by atoms with Crippen LogP contribution in [0.3, 0.4) is 0 Å². The van der Waals surface area contributed by atoms with E-state index in [1.807, 2.05) is 18.3 Å². The number of aromatic nitrogens is 1. The van der Waals surface area contributed by atoms with Gasteiger partial charge in [0.25, 0.3) is 0 Å². The zero-order valence-corrected chi connectivity index (χ0v) is 22.4. The number of hydrogen-bond acceptors (Lipinski definition) is 5. The SMILES string of the molecule is CN(C(=O)O)[C@@H](Cc1ccc(Cl)cc1)[C@@H](O)CN[C@H]1CC2(CCC2)Oc2ncc(CC(C)(C)C)cc21. The minimum atomic E-state index is -1.08. The maximum absolute atomic E-state index is 11.8. The molecule has 36 heavy (non-hydrogen) atoms. The van der Waals surface area contributed by atoms with E-state index < -0.39 is 18.2 Å². The molecule has 2 heterocycles. The van der Waals surface area contributed by atoms with Crippen LogP contribution in [0.4, 0.5) is 4.79 Å². The maximum Gasteiger partial charge on any atom is 0.407 e. The van der Waals surface area contributed by atoms with Crippen molar-refractivity contribution in [2.45, 2.75) is 83.1 Å². The summed E-state index contributed by atoms with van der Waals surface area (Å²) in [6.07, 6.45) is 5.17. The van der Waals surface area contributed by atoms with Crippen LogP contribution in [0.1, 0.15) is 69.2 Å². The number of carboxylic acid groups (broad SMARTS) is 1. The van der Waals surface area contributed by atoms with Gasteiger partial charge in [0.15, 0.2) is 0 Å². The van der Waals surface area contributed by atoms with Crippen LogP contribution in [-0.4, -0.2) is 57.5 Å². The molecule has 1 aromatic carbocycles. The summed E-state index contributed by atoms with van der Waals surface area (Å²) in [6.45, 7) is 6.87. The van der Waals surface area contributed by atoms with Crippen molar-refractivity contribution in [1.29, 1.82) is 0 Å². The largest absolute Gasteiger partial charge is 0.471 e. The lowest BCUT2D eigenvalue weighted by Crippen LogP contribution is -2.52. The van der Waals surface area contributed by atoms with Gasteiger partial charge in [-0.3, -0.25) is 0 Å². The number of halogens is 1. The number of fused-ring (bicyclic) bond motifs is 1. The molecule has 1 saturated carbocycles. The van der Waals surface area contributed by atoms with E-state index in [1.54, 1.807) is 12.1 Å². The van der Waals surface area contributed by atoms with Crippen LogP contribution < -0.4 is 10.1 Å². The van der Waals surface area contributed by atoms with Gasteiger partial charge in [-0.25, -0.2) is 9.78 Å². The molecule has 7 nitrogen and oxygen atoms in total. The number of nitrogens with zero attached hydrogens (tertiary/aromatic N) is 2. The smallest absolute Gasteiger partial charge is 0.407 e. The first-order valence-electron chi connectivity index (χ1n) is 12.7. The third kappa shape index (κ3) is 6.31. The van der Waals surface area contributed by atoms with Crippen molar-refractivity contribution in [3.63, 3.8) is 0 Å². The van der Waals surface area contributed by atoms with Crippen molar-refractivity contribution in [3.05, 3.63) is 58.2 Å². The molecule has 2 aromatic rings. The van der Waals surface area contributed by atoms with Crippen LogP contribution in [0.2, 0.25) is 5.02 Å². The number of benzene rings is 1. The lowest BCUT2D eigenvalue weighted by molar-refractivity contribution is -0.0425. The molecule has 1 aliphatic carbocycles. The van der Waals surface area contributed by atoms with Gasteiger partial charge in [-0.2, -0.15) is 0 Å². The van der Waals surface area contributed by atoms with Gasteiger partial charge >= 0.3 is 6.09 Å². The van der Waals surface area contributed by atoms with E-state index in [1.165, 1.54) is 11.9 Å². The Hall–Kier alpha value is -2.35. The van der Waals surface area contributed by atoms with Crippen LogP contribution in [0.5, 0.6) is 5.88 Å². The van der Waals surface area contributed by atoms with Gasteiger partial charge in [-0.15, -0.1) is 0 Å². The summed E-state index contributed by atoms with van der Waals surface area (Å²) in [6, 6.07) is 8.82. The number of carbonyl (C=O) groups is 1. The second kappa shape index (κ2) is 10.6. The lowest BCUT2D eigenvalue weighted by Gasteiger charge is -2.47. The van der Waals surface area contributed by atoms with E-state index in [0.717, 1.165) is 48.8 Å². The number of aliphatic hydroxyl groups is 1. The number of aliphatic hydroxyl groups excluding tert-OH is 1. The van der Waals surface area contributed by atoms with Crippen molar-refractivity contribution in [2.75, 3.05) is 13.6 Å². The normalized spacial score (nSPS) is 20.1. The van der Waals surface area contributed by atoms with Crippen molar-refractivity contribution < 1.29 is 19.7 Å². The quantitative estimate of drug-likeness (QED) is 0.445. The standard InChI is InChI=1S/C28H38ClN3O4/c1-27(2,3)14-19-12-21-22(15-28(10-5-11-28)36-25(21)31-16-19)30-17-24(33)23(32(4)26(34)35)13-18-6-8-20(29)9-7-18/h6-9,12,16,22-24,30,33H,5,10-11,13-15,17H2,1-4H3,(H,34,35)/t22-,23-,24-/m0/s1. The van der Waals surface area contributed by atoms with Gasteiger partial charge in [0.05, 0.1) is 12.1 Å². The minimum absolute atomic E-state index is 0.0255. The van der Waals surface area contributed by atoms with Gasteiger partial charge in [0.1, 0.15) is 5.60 Å². The van der Waals surface area contributed by atoms with E-state index in [-0.39, 0.29) is 23.6 Å². The van der Waals surface area contributed by atoms with E-state index in [4.69, 9.17) is 16.3 Å². The highest BCUT2D eigenvalue weighted by molar-refractivity contribution is 6.30. The Labute approximate surface area is 218 Å². The number of rotatable bonds is 8. The molecule has 4 rings (SSSR count). The molecule has 1 aliphatic heterocycles. The van der Waals surface area contributed by atoms with E-state index >= 15 is 0 Å². The molecule has 3 atom stereocenters. The Bertz CT molecular complexity index is 1070. The molecule has 3 N–H and O–H groups in total. The Kier molecular flexibility index (Phi) is 7.83. The fourth-order valence-electron chi connectivity index (χ4n) is 5.28. The number of amides is 1. The molecule has 2 aliphatic rings. The number of pyridine rings is 1. The summed E-state index contributed by atoms with van der Waals surface area (Å²) in [5.41, 5.74) is 3.03. The Balaban J connectivity index is 1.52. The van der Waals surface area contributed by atoms with Crippen LogP contribution in [-0.2, 0) is 12.8 Å². The highest BCUT2D eigenvalue weighted by Crippen LogP contribution is 2.48. The second-order valence-corrected chi connectivity index (χ2v) is 12.1. The molecule has 1 fully saturated rings. The van der Waals surface area contributed by atoms with Gasteiger partial charge < -0.3 is 25.2 Å². The molecular weight excluding hydrogens is 478 g/mol. The minimum Gasteiger partial charge on any atom is -0.471 e. The first-order valence-corrected chi connectivity index (χ1v) is 13.1. The van der Waals surface area contributed by atoms with Crippen molar-refractivity contribution in [3.8, 4) is 5.88 Å². The molecule has 196 valence electrons. The van der Waals surface area contributed by atoms with E-state index in [2.05, 4.69) is 37.1 Å². The third-order valence-electron chi connectivity index (χ3n) is 7.37. The van der Waals surface area contributed by atoms with Gasteiger partial charge in [-0.05, 0) is 66.8 Å². The summed E-state index contributed by atoms with van der Waals surface area (Å²) < 4.78 is 6.37. The molecular formula is C28H38ClN3O4. The molecule has 1 aromatic heterocycles. The average molecular weight is 516 g/mol. The van der Waals surface area contributed by atoms with E-state index in [0.29, 0.717) is 17.3 Å². The molecule has 0 radical (unpaired) electrons. The fourth-order valence-corrected chi connectivity index (χ4v) is 5.41. The highest BCUT2D eigenvalue weighted by Gasteiger charge is 2.46. The van der Waals surface area contributed by atoms with Gasteiger partial charge in [0, 0.05) is 42.8 Å². The highest BCUT2D eigenvalue weighted by atomic mass is 35.5. The summed E-state index contributed by atoms with van der Waals surface area (Å²) in [5.74, 6) is 0.672. The first-order chi connectivity index (χ1) is 16.9. The molecule has 8 heteroatoms. The second-order valence-electron chi connectivity index (χ2n) is 11.6. The molecule has 0 bridgehead atoms. The van der Waals surface area contributed by atoms with Crippen molar-refractivity contribution in [1.82, 2.24) is 15.2 Å². The molecule has 1 spiro atoms. The number of nitrogens with one attached hydrogen (secondary N) is 1. The summed E-state index contributed by atoms with van der Waals surface area (Å²) in [7, 11) is 1.50. The fraction of sp³-hybridized carbons (Fsp3) is 0.571. The topological polar surface area (TPSA) is 94.9 Å². The van der Waals surface area contributed by atoms with Crippen molar-refractivity contribution >= 4 is 17.7 Å². The molecule has 0 unspecified atom stereocenters. The average Bonchev–Trinajstić information content (AvgIpc) is 2.79. The number of hydrogen-bond donors (Lipinski definition) is 3. The predicted octanol–water partition coefficient (Wildman–Crippen LogP) is 5.24. The van der Waals surface area contributed by atoms with Gasteiger partial charge in [0.2, 0.25) is 5.88 Å². The van der Waals surface area contributed by atoms with Gasteiger partial charge in [-0.1, -0.05) is 44.5 Å². The van der Waals surface area contributed by atoms with Crippen LogP contribution >= 0.6 is 11.6 Å². The monoisotopic (exact) mass is 515 g/mol. The van der Waals surface area contributed by atoms with E-state index in [9.17, 15) is 15.0 Å². The summed E-state index contributed by atoms with van der Waals surface area (Å²) >= 11 is 6.01. The Morgan fingerprint density at radius 3 is 2.56 bits per heavy atom. The predicted molar refractivity (Wildman–Crippen MR) is 141 cm³/mol.